The van der Waals surface area contributed by atoms with Crippen LogP contribution in [-0.2, 0) is 11.2 Å². The predicted octanol–water partition coefficient (Wildman–Crippen LogP) is 3.34. The third-order valence-electron chi connectivity index (χ3n) is 3.61. The number of amides is 2. The van der Waals surface area contributed by atoms with E-state index in [2.05, 4.69) is 34.7 Å². The first-order chi connectivity index (χ1) is 11.5. The van der Waals surface area contributed by atoms with E-state index in [0.29, 0.717) is 22.3 Å². The summed E-state index contributed by atoms with van der Waals surface area (Å²) in [5.74, 6) is 0.385. The lowest BCUT2D eigenvalue weighted by Crippen LogP contribution is -2.15. The molecule has 2 aromatic rings. The average Bonchev–Trinajstić information content (AvgIpc) is 3.30. The summed E-state index contributed by atoms with van der Waals surface area (Å²) in [6.07, 6.45) is 2.74. The molecular formula is C17H20N4O2S. The van der Waals surface area contributed by atoms with Crippen LogP contribution in [0.4, 0.5) is 10.8 Å². The number of carbonyl (C=O) groups is 2. The first kappa shape index (κ1) is 16.6. The van der Waals surface area contributed by atoms with E-state index in [-0.39, 0.29) is 17.7 Å². The molecule has 126 valence electrons. The van der Waals surface area contributed by atoms with Crippen LogP contribution >= 0.6 is 11.3 Å². The lowest BCUT2D eigenvalue weighted by Gasteiger charge is -2.06. The zero-order chi connectivity index (χ0) is 17.1. The van der Waals surface area contributed by atoms with E-state index in [0.717, 1.165) is 24.3 Å². The molecule has 1 aliphatic rings. The third kappa shape index (κ3) is 4.38. The summed E-state index contributed by atoms with van der Waals surface area (Å²) in [5.41, 5.74) is 1.11. The molecule has 1 aromatic heterocycles. The molecule has 2 amide bonds. The summed E-state index contributed by atoms with van der Waals surface area (Å²) < 4.78 is 0. The highest BCUT2D eigenvalue weighted by atomic mass is 32.1. The minimum absolute atomic E-state index is 0.0232. The second-order valence-corrected chi connectivity index (χ2v) is 7.46. The molecule has 1 saturated carbocycles. The Morgan fingerprint density at radius 1 is 1.25 bits per heavy atom. The molecule has 3 rings (SSSR count). The second-order valence-electron chi connectivity index (χ2n) is 6.40. The van der Waals surface area contributed by atoms with Crippen LogP contribution < -0.4 is 10.6 Å². The maximum absolute atomic E-state index is 12.3. The highest BCUT2D eigenvalue weighted by Gasteiger charge is 2.29. The van der Waals surface area contributed by atoms with E-state index in [4.69, 9.17) is 0 Å². The monoisotopic (exact) mass is 344 g/mol. The molecule has 2 N–H and O–H groups in total. The number of hydrogen-bond donors (Lipinski definition) is 2. The van der Waals surface area contributed by atoms with Crippen molar-refractivity contribution in [2.75, 3.05) is 10.6 Å². The van der Waals surface area contributed by atoms with Gasteiger partial charge >= 0.3 is 0 Å². The van der Waals surface area contributed by atoms with Gasteiger partial charge in [-0.2, -0.15) is 0 Å². The lowest BCUT2D eigenvalue weighted by molar-refractivity contribution is -0.117. The van der Waals surface area contributed by atoms with Crippen LogP contribution in [0, 0.1) is 11.8 Å². The van der Waals surface area contributed by atoms with Crippen molar-refractivity contribution in [3.8, 4) is 0 Å². The average molecular weight is 344 g/mol. The second kappa shape index (κ2) is 7.09. The van der Waals surface area contributed by atoms with Crippen LogP contribution in [0.2, 0.25) is 0 Å². The van der Waals surface area contributed by atoms with Crippen molar-refractivity contribution < 1.29 is 9.59 Å². The quantitative estimate of drug-likeness (QED) is 0.842. The van der Waals surface area contributed by atoms with Crippen LogP contribution in [0.25, 0.3) is 0 Å². The van der Waals surface area contributed by atoms with Gasteiger partial charge in [-0.3, -0.25) is 14.9 Å². The minimum atomic E-state index is -0.259. The molecule has 0 bridgehead atoms. The molecule has 0 aliphatic heterocycles. The molecule has 0 radical (unpaired) electrons. The Morgan fingerprint density at radius 2 is 2.04 bits per heavy atom. The van der Waals surface area contributed by atoms with E-state index >= 15 is 0 Å². The number of carbonyl (C=O) groups excluding carboxylic acids is 2. The van der Waals surface area contributed by atoms with Crippen molar-refractivity contribution in [2.24, 2.45) is 11.8 Å². The Bertz CT molecular complexity index is 753. The van der Waals surface area contributed by atoms with Crippen LogP contribution in [0.5, 0.6) is 0 Å². The first-order valence-corrected chi connectivity index (χ1v) is 8.87. The van der Waals surface area contributed by atoms with E-state index in [1.54, 1.807) is 24.3 Å². The molecule has 6 nitrogen and oxygen atoms in total. The van der Waals surface area contributed by atoms with Gasteiger partial charge in [0, 0.05) is 23.6 Å². The topological polar surface area (TPSA) is 84.0 Å². The molecule has 1 heterocycles. The molecular weight excluding hydrogens is 324 g/mol. The van der Waals surface area contributed by atoms with Crippen LogP contribution in [0.15, 0.2) is 24.3 Å². The molecule has 1 fully saturated rings. The Kier molecular flexibility index (Phi) is 4.89. The lowest BCUT2D eigenvalue weighted by atomic mass is 10.1. The van der Waals surface area contributed by atoms with E-state index in [9.17, 15) is 9.59 Å². The Hall–Kier alpha value is -2.28. The molecule has 0 spiro atoms. The number of nitrogens with one attached hydrogen (secondary N) is 2. The summed E-state index contributed by atoms with van der Waals surface area (Å²) in [7, 11) is 0. The first-order valence-electron chi connectivity index (χ1n) is 8.06. The highest BCUT2D eigenvalue weighted by Crippen LogP contribution is 2.30. The van der Waals surface area contributed by atoms with E-state index < -0.39 is 0 Å². The predicted molar refractivity (Wildman–Crippen MR) is 94.2 cm³/mol. The van der Waals surface area contributed by atoms with Gasteiger partial charge in [-0.1, -0.05) is 31.3 Å². The molecule has 1 aromatic carbocycles. The zero-order valence-electron chi connectivity index (χ0n) is 13.7. The SMILES string of the molecule is CC(C)Cc1nnc(NC(=O)c2cccc(NC(=O)C3CC3)c2)s1. The van der Waals surface area contributed by atoms with Gasteiger partial charge in [0.05, 0.1) is 0 Å². The van der Waals surface area contributed by atoms with Crippen LogP contribution in [0.3, 0.4) is 0 Å². The van der Waals surface area contributed by atoms with E-state index in [1.807, 2.05) is 0 Å². The van der Waals surface area contributed by atoms with Crippen molar-refractivity contribution in [3.63, 3.8) is 0 Å². The number of aromatic nitrogens is 2. The van der Waals surface area contributed by atoms with Crippen LogP contribution in [0.1, 0.15) is 42.1 Å². The Balaban J connectivity index is 1.63. The normalized spacial score (nSPS) is 13.8. The number of benzene rings is 1. The number of anilines is 2. The van der Waals surface area contributed by atoms with Gasteiger partial charge in [0.15, 0.2) is 0 Å². The fourth-order valence-corrected chi connectivity index (χ4v) is 3.18. The molecule has 1 aliphatic carbocycles. The number of hydrogen-bond acceptors (Lipinski definition) is 5. The summed E-state index contributed by atoms with van der Waals surface area (Å²) in [4.78, 5) is 24.2. The fourth-order valence-electron chi connectivity index (χ4n) is 2.23. The van der Waals surface area contributed by atoms with Crippen molar-refractivity contribution in [2.45, 2.75) is 33.1 Å². The van der Waals surface area contributed by atoms with Crippen molar-refractivity contribution in [3.05, 3.63) is 34.8 Å². The largest absolute Gasteiger partial charge is 0.326 e. The fraction of sp³-hybridized carbons (Fsp3) is 0.412. The summed E-state index contributed by atoms with van der Waals surface area (Å²) in [6, 6.07) is 6.91. The molecule has 0 unspecified atom stereocenters. The summed E-state index contributed by atoms with van der Waals surface area (Å²) in [5, 5.41) is 15.1. The van der Waals surface area contributed by atoms with E-state index in [1.165, 1.54) is 11.3 Å². The van der Waals surface area contributed by atoms with Crippen molar-refractivity contribution in [1.82, 2.24) is 10.2 Å². The van der Waals surface area contributed by atoms with Gasteiger partial charge in [0.25, 0.3) is 5.91 Å². The van der Waals surface area contributed by atoms with Gasteiger partial charge in [0.1, 0.15) is 5.01 Å². The molecule has 7 heteroatoms. The molecule has 0 saturated heterocycles. The molecule has 0 atom stereocenters. The summed E-state index contributed by atoms with van der Waals surface area (Å²) in [6.45, 7) is 4.22. The zero-order valence-corrected chi connectivity index (χ0v) is 14.5. The summed E-state index contributed by atoms with van der Waals surface area (Å²) >= 11 is 1.39. The standard InChI is InChI=1S/C17H20N4O2S/c1-10(2)8-14-20-21-17(24-14)19-16(23)12-4-3-5-13(9-12)18-15(22)11-6-7-11/h3-5,9-11H,6-8H2,1-2H3,(H,18,22)(H,19,21,23). The van der Waals surface area contributed by atoms with Gasteiger partial charge in [-0.05, 0) is 37.0 Å². The maximum Gasteiger partial charge on any atom is 0.257 e. The number of nitrogens with zero attached hydrogens (tertiary/aromatic N) is 2. The van der Waals surface area contributed by atoms with Gasteiger partial charge in [-0.15, -0.1) is 10.2 Å². The molecule has 24 heavy (non-hydrogen) atoms. The maximum atomic E-state index is 12.3. The van der Waals surface area contributed by atoms with Crippen molar-refractivity contribution >= 4 is 34.0 Å². The van der Waals surface area contributed by atoms with Gasteiger partial charge < -0.3 is 5.32 Å². The number of rotatable bonds is 6. The van der Waals surface area contributed by atoms with Gasteiger partial charge in [-0.25, -0.2) is 0 Å². The van der Waals surface area contributed by atoms with Crippen LogP contribution in [-0.4, -0.2) is 22.0 Å². The Morgan fingerprint density at radius 3 is 2.75 bits per heavy atom. The Labute approximate surface area is 144 Å². The highest BCUT2D eigenvalue weighted by molar-refractivity contribution is 7.15. The van der Waals surface area contributed by atoms with Crippen molar-refractivity contribution in [1.29, 1.82) is 0 Å². The smallest absolute Gasteiger partial charge is 0.257 e. The van der Waals surface area contributed by atoms with Gasteiger partial charge in [0.2, 0.25) is 11.0 Å². The third-order valence-corrected chi connectivity index (χ3v) is 4.47. The minimum Gasteiger partial charge on any atom is -0.326 e.